The summed E-state index contributed by atoms with van der Waals surface area (Å²) in [6.45, 7) is 6.61. The van der Waals surface area contributed by atoms with E-state index in [1.807, 2.05) is 32.0 Å². The Morgan fingerprint density at radius 3 is 2.38 bits per heavy atom. The van der Waals surface area contributed by atoms with Crippen LogP contribution >= 0.6 is 0 Å². The van der Waals surface area contributed by atoms with E-state index in [0.717, 1.165) is 18.6 Å². The normalized spacial score (nSPS) is 16.8. The number of aliphatic hydroxyl groups is 2. The Hall–Kier alpha value is -4.02. The highest BCUT2D eigenvalue weighted by Gasteiger charge is 2.52. The van der Waals surface area contributed by atoms with Gasteiger partial charge < -0.3 is 20.0 Å². The van der Waals surface area contributed by atoms with E-state index in [4.69, 9.17) is 4.98 Å². The lowest BCUT2D eigenvalue weighted by atomic mass is 9.85. The molecule has 7 nitrogen and oxygen atoms in total. The fourth-order valence-electron chi connectivity index (χ4n) is 5.63. The minimum absolute atomic E-state index is 0.0640. The molecule has 2 atom stereocenters. The van der Waals surface area contributed by atoms with Crippen molar-refractivity contribution in [2.45, 2.75) is 57.6 Å². The second-order valence-corrected chi connectivity index (χ2v) is 11.6. The van der Waals surface area contributed by atoms with Gasteiger partial charge in [-0.05, 0) is 70.5 Å². The van der Waals surface area contributed by atoms with E-state index in [9.17, 15) is 15.0 Å². The molecule has 1 aliphatic rings. The first-order valence-corrected chi connectivity index (χ1v) is 13.6. The summed E-state index contributed by atoms with van der Waals surface area (Å²) in [6, 6.07) is 15.5. The number of nitrogens with zero attached hydrogens (tertiary/aromatic N) is 4. The van der Waals surface area contributed by atoms with Gasteiger partial charge in [-0.3, -0.25) is 4.79 Å². The van der Waals surface area contributed by atoms with E-state index >= 15 is 13.2 Å². The predicted molar refractivity (Wildman–Crippen MR) is 156 cm³/mol. The van der Waals surface area contributed by atoms with Crippen molar-refractivity contribution in [3.63, 3.8) is 0 Å². The topological polar surface area (TPSA) is 89.8 Å². The molecule has 0 saturated carbocycles. The number of carbonyl (C=O) groups excluding carboxylic acids is 1. The molecule has 0 aliphatic carbocycles. The van der Waals surface area contributed by atoms with Crippen molar-refractivity contribution in [3.05, 3.63) is 89.0 Å². The van der Waals surface area contributed by atoms with Gasteiger partial charge in [-0.1, -0.05) is 30.3 Å². The van der Waals surface area contributed by atoms with Crippen LogP contribution in [0.2, 0.25) is 0 Å². The predicted octanol–water partition coefficient (Wildman–Crippen LogP) is 6.07. The van der Waals surface area contributed by atoms with Crippen LogP contribution in [0.5, 0.6) is 0 Å². The van der Waals surface area contributed by atoms with Gasteiger partial charge in [-0.2, -0.15) is 8.78 Å². The maximum atomic E-state index is 16.1. The number of anilines is 3. The Morgan fingerprint density at radius 2 is 1.74 bits per heavy atom. The van der Waals surface area contributed by atoms with Crippen LogP contribution in [-0.4, -0.2) is 45.3 Å². The fourth-order valence-corrected chi connectivity index (χ4v) is 5.63. The van der Waals surface area contributed by atoms with E-state index in [1.54, 1.807) is 55.0 Å². The SMILES string of the molecule is Cc1nc(N(c2ccccc2)[C@H](C)c2cccc(C(F)(F)C(C)(O)CO)c2F)c2cc3c(cc2n1)C(C)(C)C(=O)N3C. The van der Waals surface area contributed by atoms with Crippen molar-refractivity contribution in [3.8, 4) is 0 Å². The van der Waals surface area contributed by atoms with Gasteiger partial charge in [0, 0.05) is 29.4 Å². The molecule has 1 aromatic heterocycles. The lowest BCUT2D eigenvalue weighted by molar-refractivity contribution is -0.197. The highest BCUT2D eigenvalue weighted by atomic mass is 19.3. The smallest absolute Gasteiger partial charge is 0.306 e. The Kier molecular flexibility index (Phi) is 7.06. The molecule has 0 bridgehead atoms. The molecule has 0 spiro atoms. The van der Waals surface area contributed by atoms with Crippen LogP contribution in [0.3, 0.4) is 0 Å². The Labute approximate surface area is 242 Å². The number of likely N-dealkylation sites (N-methyl/N-ethyl adjacent to an activating group) is 1. The fraction of sp³-hybridized carbons (Fsp3) is 0.344. The van der Waals surface area contributed by atoms with Crippen LogP contribution in [0, 0.1) is 12.7 Å². The van der Waals surface area contributed by atoms with Gasteiger partial charge in [0.25, 0.3) is 0 Å². The number of fused-ring (bicyclic) bond motifs is 2. The first kappa shape index (κ1) is 29.5. The summed E-state index contributed by atoms with van der Waals surface area (Å²) in [5.41, 5.74) is -2.00. The first-order chi connectivity index (χ1) is 19.6. The summed E-state index contributed by atoms with van der Waals surface area (Å²) in [7, 11) is 1.70. The van der Waals surface area contributed by atoms with Crippen molar-refractivity contribution in [2.24, 2.45) is 0 Å². The summed E-state index contributed by atoms with van der Waals surface area (Å²) in [4.78, 5) is 25.8. The molecule has 0 fully saturated rings. The van der Waals surface area contributed by atoms with Crippen molar-refractivity contribution in [2.75, 3.05) is 23.5 Å². The number of aromatic nitrogens is 2. The summed E-state index contributed by atoms with van der Waals surface area (Å²) < 4.78 is 46.6. The Bertz CT molecular complexity index is 1690. The standard InChI is InChI=1S/C32H33F3N4O3/c1-18(21-13-10-14-23(27(21)33)32(34,35)31(5,42)17-40)39(20-11-8-7-9-12-20)28-22-15-26-24(16-25(22)36-19(2)37-28)30(3,4)29(41)38(26)6/h7-16,18,40,42H,17H2,1-6H3/t18-,31?/m1/s1. The molecule has 0 saturated heterocycles. The lowest BCUT2D eigenvalue weighted by Crippen LogP contribution is -2.47. The van der Waals surface area contributed by atoms with E-state index < -0.39 is 41.0 Å². The molecular formula is C32H33F3N4O3. The molecule has 4 aromatic rings. The summed E-state index contributed by atoms with van der Waals surface area (Å²) in [5, 5.41) is 20.2. The zero-order valence-electron chi connectivity index (χ0n) is 24.3. The quantitative estimate of drug-likeness (QED) is 0.277. The number of amides is 1. The van der Waals surface area contributed by atoms with Gasteiger partial charge in [0.05, 0.1) is 29.1 Å². The minimum Gasteiger partial charge on any atom is -0.393 e. The summed E-state index contributed by atoms with van der Waals surface area (Å²) in [6.07, 6.45) is 0. The molecule has 2 N–H and O–H groups in total. The number of alkyl halides is 2. The van der Waals surface area contributed by atoms with Crippen LogP contribution in [0.15, 0.2) is 60.7 Å². The molecule has 220 valence electrons. The number of aliphatic hydroxyl groups excluding tert-OH is 1. The van der Waals surface area contributed by atoms with Crippen molar-refractivity contribution < 1.29 is 28.2 Å². The second-order valence-electron chi connectivity index (χ2n) is 11.6. The van der Waals surface area contributed by atoms with Crippen molar-refractivity contribution in [1.29, 1.82) is 0 Å². The number of aryl methyl sites for hydroxylation is 1. The molecule has 5 rings (SSSR count). The molecule has 3 aromatic carbocycles. The number of hydrogen-bond acceptors (Lipinski definition) is 6. The maximum Gasteiger partial charge on any atom is 0.306 e. The van der Waals surface area contributed by atoms with Crippen molar-refractivity contribution in [1.82, 2.24) is 9.97 Å². The Morgan fingerprint density at radius 1 is 1.07 bits per heavy atom. The molecule has 1 unspecified atom stereocenters. The van der Waals surface area contributed by atoms with Gasteiger partial charge >= 0.3 is 5.92 Å². The van der Waals surface area contributed by atoms with Gasteiger partial charge in [-0.15, -0.1) is 0 Å². The van der Waals surface area contributed by atoms with E-state index in [1.165, 1.54) is 12.1 Å². The van der Waals surface area contributed by atoms with E-state index in [0.29, 0.717) is 33.9 Å². The summed E-state index contributed by atoms with van der Waals surface area (Å²) >= 11 is 0. The van der Waals surface area contributed by atoms with Crippen LogP contribution in [-0.2, 0) is 16.1 Å². The number of halogens is 3. The highest BCUT2D eigenvalue weighted by molar-refractivity contribution is 6.10. The number of benzene rings is 3. The average Bonchev–Trinajstić information content (AvgIpc) is 3.11. The van der Waals surface area contributed by atoms with Gasteiger partial charge in [0.2, 0.25) is 5.91 Å². The molecule has 0 radical (unpaired) electrons. The van der Waals surface area contributed by atoms with Gasteiger partial charge in [0.1, 0.15) is 17.5 Å². The van der Waals surface area contributed by atoms with Crippen LogP contribution in [0.4, 0.5) is 30.4 Å². The zero-order chi connectivity index (χ0) is 30.8. The largest absolute Gasteiger partial charge is 0.393 e. The molecule has 1 amide bonds. The van der Waals surface area contributed by atoms with Gasteiger partial charge in [-0.25, -0.2) is 14.4 Å². The van der Waals surface area contributed by atoms with Gasteiger partial charge in [0.15, 0.2) is 5.60 Å². The van der Waals surface area contributed by atoms with Crippen LogP contribution < -0.4 is 9.80 Å². The molecule has 42 heavy (non-hydrogen) atoms. The first-order valence-electron chi connectivity index (χ1n) is 13.6. The average molecular weight is 579 g/mol. The maximum absolute atomic E-state index is 16.1. The number of carbonyl (C=O) groups is 1. The third-order valence-corrected chi connectivity index (χ3v) is 8.23. The molecular weight excluding hydrogens is 545 g/mol. The van der Waals surface area contributed by atoms with Crippen LogP contribution in [0.1, 0.15) is 56.3 Å². The second kappa shape index (κ2) is 10.1. The lowest BCUT2D eigenvalue weighted by Gasteiger charge is -2.34. The summed E-state index contributed by atoms with van der Waals surface area (Å²) in [5.74, 6) is -4.51. The number of rotatable bonds is 7. The molecule has 1 aliphatic heterocycles. The third-order valence-electron chi connectivity index (χ3n) is 8.23. The van der Waals surface area contributed by atoms with Crippen molar-refractivity contribution >= 4 is 34.0 Å². The number of para-hydroxylation sites is 1. The van der Waals surface area contributed by atoms with Crippen LogP contribution in [0.25, 0.3) is 10.9 Å². The molecule has 10 heteroatoms. The molecule has 2 heterocycles. The van der Waals surface area contributed by atoms with E-state index in [2.05, 4.69) is 4.98 Å². The highest BCUT2D eigenvalue weighted by Crippen LogP contribution is 2.47. The monoisotopic (exact) mass is 578 g/mol. The number of hydrogen-bond donors (Lipinski definition) is 2. The third kappa shape index (κ3) is 4.40. The van der Waals surface area contributed by atoms with E-state index in [-0.39, 0.29) is 11.5 Å². The minimum atomic E-state index is -4.08. The Balaban J connectivity index is 1.75. The zero-order valence-corrected chi connectivity index (χ0v) is 24.3.